The van der Waals surface area contributed by atoms with Crippen molar-refractivity contribution in [2.45, 2.75) is 22.6 Å². The number of pyridine rings is 2. The maximum Gasteiger partial charge on any atom is 0.0946 e. The van der Waals surface area contributed by atoms with E-state index in [1.807, 2.05) is 78.9 Å². The minimum atomic E-state index is 0.424. The normalized spacial score (nSPS) is 11.0. The fourth-order valence-electron chi connectivity index (χ4n) is 2.04. The van der Waals surface area contributed by atoms with Gasteiger partial charge in [-0.15, -0.1) is 23.5 Å². The van der Waals surface area contributed by atoms with Gasteiger partial charge in [0.1, 0.15) is 0 Å². The number of hydrogen-bond donors (Lipinski definition) is 0. The van der Waals surface area contributed by atoms with E-state index in [4.69, 9.17) is 0 Å². The molecule has 0 N–H and O–H groups in total. The van der Waals surface area contributed by atoms with Gasteiger partial charge in [0.25, 0.3) is 0 Å². The molecule has 0 bridgehead atoms. The van der Waals surface area contributed by atoms with Gasteiger partial charge in [0.15, 0.2) is 0 Å². The molecule has 0 saturated carbocycles. The van der Waals surface area contributed by atoms with Crippen LogP contribution < -0.4 is 0 Å². The van der Waals surface area contributed by atoms with Crippen molar-refractivity contribution in [1.82, 2.24) is 19.5 Å². The molecule has 0 aromatic carbocycles. The third-order valence-electron chi connectivity index (χ3n) is 3.21. The van der Waals surface area contributed by atoms with Crippen LogP contribution >= 0.6 is 23.5 Å². The Hall–Kier alpha value is -1.79. The van der Waals surface area contributed by atoms with Gasteiger partial charge < -0.3 is 4.57 Å². The quantitative estimate of drug-likeness (QED) is 0.582. The number of imidazole rings is 1. The lowest BCUT2D eigenvalue weighted by Gasteiger charge is -2.16. The molecule has 0 fully saturated rings. The molecule has 118 valence electrons. The fraction of sp³-hybridized carbons (Fsp3) is 0.235. The predicted molar refractivity (Wildman–Crippen MR) is 97.1 cm³/mol. The topological polar surface area (TPSA) is 43.6 Å². The fourth-order valence-corrected chi connectivity index (χ4v) is 4.45. The molecule has 0 aliphatic rings. The van der Waals surface area contributed by atoms with Gasteiger partial charge >= 0.3 is 0 Å². The van der Waals surface area contributed by atoms with Crippen molar-refractivity contribution in [3.8, 4) is 0 Å². The Morgan fingerprint density at radius 2 is 1.52 bits per heavy atom. The van der Waals surface area contributed by atoms with Crippen molar-refractivity contribution < 1.29 is 0 Å². The molecule has 6 heteroatoms. The molecule has 0 spiro atoms. The Morgan fingerprint density at radius 3 is 2.00 bits per heavy atom. The minimum absolute atomic E-state index is 0.424. The van der Waals surface area contributed by atoms with Gasteiger partial charge in [-0.25, -0.2) is 4.98 Å². The molecule has 3 heterocycles. The summed E-state index contributed by atoms with van der Waals surface area (Å²) < 4.78 is 2.55. The van der Waals surface area contributed by atoms with Crippen molar-refractivity contribution in [2.75, 3.05) is 0 Å². The Labute approximate surface area is 144 Å². The van der Waals surface area contributed by atoms with Gasteiger partial charge in [-0.2, -0.15) is 0 Å². The summed E-state index contributed by atoms with van der Waals surface area (Å²) in [5.41, 5.74) is 2.23. The van der Waals surface area contributed by atoms with Crippen LogP contribution in [0.4, 0.5) is 0 Å². The Morgan fingerprint density at radius 1 is 0.870 bits per heavy atom. The summed E-state index contributed by atoms with van der Waals surface area (Å²) in [5.74, 6) is 1.82. The largest absolute Gasteiger partial charge is 0.336 e. The van der Waals surface area contributed by atoms with E-state index < -0.39 is 0 Å². The van der Waals surface area contributed by atoms with Crippen molar-refractivity contribution in [2.24, 2.45) is 0 Å². The van der Waals surface area contributed by atoms with Crippen LogP contribution in [0, 0.1) is 0 Å². The molecule has 0 atom stereocenters. The van der Waals surface area contributed by atoms with Crippen LogP contribution in [0.1, 0.15) is 11.4 Å². The molecule has 0 unspecified atom stereocenters. The molecule has 0 aliphatic carbocycles. The number of rotatable bonds is 8. The summed E-state index contributed by atoms with van der Waals surface area (Å²) in [4.78, 5) is 12.9. The van der Waals surface area contributed by atoms with E-state index in [1.54, 1.807) is 0 Å². The Bertz CT molecular complexity index is 631. The summed E-state index contributed by atoms with van der Waals surface area (Å²) in [6.45, 7) is 0.926. The van der Waals surface area contributed by atoms with E-state index in [1.165, 1.54) is 0 Å². The first-order chi connectivity index (χ1) is 11.4. The molecule has 3 aromatic heterocycles. The van der Waals surface area contributed by atoms with Crippen molar-refractivity contribution in [3.63, 3.8) is 0 Å². The third kappa shape index (κ3) is 5.41. The first-order valence-electron chi connectivity index (χ1n) is 7.39. The Kier molecular flexibility index (Phi) is 6.11. The SMILES string of the molecule is c1ccc(CSC(Cn2ccnc2)SCc2ccccn2)nc1. The zero-order valence-electron chi connectivity index (χ0n) is 12.7. The molecular formula is C17H18N4S2. The van der Waals surface area contributed by atoms with Crippen LogP contribution in [0.2, 0.25) is 0 Å². The average Bonchev–Trinajstić information content (AvgIpc) is 3.12. The smallest absolute Gasteiger partial charge is 0.0946 e. The summed E-state index contributed by atoms with van der Waals surface area (Å²) in [6, 6.07) is 12.1. The van der Waals surface area contributed by atoms with Gasteiger partial charge in [-0.1, -0.05) is 12.1 Å². The minimum Gasteiger partial charge on any atom is -0.336 e. The van der Waals surface area contributed by atoms with E-state index in [9.17, 15) is 0 Å². The van der Waals surface area contributed by atoms with Crippen molar-refractivity contribution in [3.05, 3.63) is 78.9 Å². The number of aromatic nitrogens is 4. The van der Waals surface area contributed by atoms with Crippen LogP contribution in [0.5, 0.6) is 0 Å². The molecule has 23 heavy (non-hydrogen) atoms. The second kappa shape index (κ2) is 8.74. The second-order valence-electron chi connectivity index (χ2n) is 4.95. The molecule has 0 saturated heterocycles. The van der Waals surface area contributed by atoms with Gasteiger partial charge in [-0.05, 0) is 24.3 Å². The third-order valence-corrected chi connectivity index (χ3v) is 5.99. The van der Waals surface area contributed by atoms with Crippen LogP contribution in [0.3, 0.4) is 0 Å². The standard InChI is InChI=1S/C17H18N4S2/c1-3-7-19-15(5-1)12-22-17(11-21-10-9-18-14-21)23-13-16-6-2-4-8-20-16/h1-10,14,17H,11-13H2. The lowest BCUT2D eigenvalue weighted by Crippen LogP contribution is -2.09. The predicted octanol–water partition coefficient (Wildman–Crippen LogP) is 3.87. The van der Waals surface area contributed by atoms with Crippen molar-refractivity contribution >= 4 is 23.5 Å². The lowest BCUT2D eigenvalue weighted by atomic mass is 10.4. The molecule has 3 aromatic rings. The molecule has 0 amide bonds. The van der Waals surface area contributed by atoms with E-state index in [2.05, 4.69) is 31.7 Å². The zero-order valence-corrected chi connectivity index (χ0v) is 14.3. The van der Waals surface area contributed by atoms with Crippen LogP contribution in [0.15, 0.2) is 67.5 Å². The van der Waals surface area contributed by atoms with Crippen LogP contribution in [-0.2, 0) is 18.1 Å². The van der Waals surface area contributed by atoms with Crippen LogP contribution in [-0.4, -0.2) is 24.1 Å². The number of hydrogen-bond acceptors (Lipinski definition) is 5. The molecule has 0 aliphatic heterocycles. The van der Waals surface area contributed by atoms with E-state index in [0.717, 1.165) is 29.4 Å². The maximum absolute atomic E-state index is 4.40. The number of thioether (sulfide) groups is 2. The maximum atomic E-state index is 4.40. The second-order valence-corrected chi connectivity index (χ2v) is 7.63. The molecule has 0 radical (unpaired) electrons. The zero-order chi connectivity index (χ0) is 15.7. The first-order valence-corrected chi connectivity index (χ1v) is 9.48. The van der Waals surface area contributed by atoms with E-state index >= 15 is 0 Å². The van der Waals surface area contributed by atoms with Crippen LogP contribution in [0.25, 0.3) is 0 Å². The highest BCUT2D eigenvalue weighted by molar-refractivity contribution is 8.16. The highest BCUT2D eigenvalue weighted by Gasteiger charge is 2.12. The van der Waals surface area contributed by atoms with Crippen molar-refractivity contribution in [1.29, 1.82) is 0 Å². The first kappa shape index (κ1) is 16.1. The molecule has 3 rings (SSSR count). The summed E-state index contributed by atoms with van der Waals surface area (Å²) in [7, 11) is 0. The Balaban J connectivity index is 1.58. The molecular weight excluding hydrogens is 324 g/mol. The van der Waals surface area contributed by atoms with E-state index in [-0.39, 0.29) is 0 Å². The summed E-state index contributed by atoms with van der Waals surface area (Å²) in [6.07, 6.45) is 9.40. The van der Waals surface area contributed by atoms with Gasteiger partial charge in [-0.3, -0.25) is 9.97 Å². The van der Waals surface area contributed by atoms with Gasteiger partial charge in [0.2, 0.25) is 0 Å². The highest BCUT2D eigenvalue weighted by Crippen LogP contribution is 2.30. The summed E-state index contributed by atoms with van der Waals surface area (Å²) >= 11 is 3.83. The molecule has 4 nitrogen and oxygen atoms in total. The van der Waals surface area contributed by atoms with Gasteiger partial charge in [0.05, 0.1) is 22.3 Å². The lowest BCUT2D eigenvalue weighted by molar-refractivity contribution is 0.749. The highest BCUT2D eigenvalue weighted by atomic mass is 32.2. The monoisotopic (exact) mass is 342 g/mol. The summed E-state index contributed by atoms with van der Waals surface area (Å²) in [5, 5.41) is 0. The number of nitrogens with zero attached hydrogens (tertiary/aromatic N) is 4. The van der Waals surface area contributed by atoms with E-state index in [0.29, 0.717) is 4.58 Å². The van der Waals surface area contributed by atoms with Gasteiger partial charge in [0, 0.05) is 42.8 Å². The average molecular weight is 342 g/mol.